The standard InChI is InChI=1S/C58H44.C4H12N.C2H7N.C2H2O2.Ba.BrH.Ca.ClH.Cs.FH.HI.K.Li.Mg.H3N.Na.HO4P/c1-2-10-7-12-9(1)3-5-37-6-4-11-16-21-24-27-30-28-25-22-19-14-8-13-18-15(10)20-23-26-29-31-32-33-34-36-39(12,37)57-35(37)17(11)41(16,57)44(21)47(24)50(27)52(30)51(28)48(25)45(22)42(19)38(13,14)40(18,20)43(23,42)46(26,45)49(29,48)53(31,51)54(32,52)55(33,50)56(34,47)58(36,44)57;1-5(2,3)4;1-3-2;1-2-4-3;;;;;;;;;;;;;1-4-5(2)3/h9-36H,1-8H2;1-4H3;3H,1-2H3;1,3H;;1H;;1H;;2*1H;;;;1H3;;1H/q;+1;;;+2;;+2;;+1;;;2*+1;+2;;+1;/p-4. The fourth-order valence-corrected chi connectivity index (χ4v) is 57.5. The van der Waals surface area contributed by atoms with Gasteiger partial charge < -0.3 is 94.3 Å². The average molecular weight is 1700 g/mol. The van der Waals surface area contributed by atoms with Gasteiger partial charge in [0.05, 0.1) is 42.3 Å². The number of halogens is 4. The van der Waals surface area contributed by atoms with Crippen molar-refractivity contribution in [1.82, 2.24) is 6.15 Å². The van der Waals surface area contributed by atoms with Gasteiger partial charge in [-0.3, -0.25) is 0 Å². The second-order valence-corrected chi connectivity index (χ2v) is 40.4. The molecule has 2 bridgehead atoms. The van der Waals surface area contributed by atoms with Gasteiger partial charge in [-0.05, 0) is 341 Å². The zero-order valence-electron chi connectivity index (χ0n) is 52.5. The summed E-state index contributed by atoms with van der Waals surface area (Å²) in [6.45, 7) is 0. The van der Waals surface area contributed by atoms with Crippen LogP contribution in [0.15, 0.2) is 0 Å². The smallest absolute Gasteiger partial charge is 1.00 e. The molecule has 37 aliphatic carbocycles. The summed E-state index contributed by atoms with van der Waals surface area (Å²) in [5.41, 5.74) is 23.9. The Morgan fingerprint density at radius 2 is 0.920 bits per heavy atom. The van der Waals surface area contributed by atoms with E-state index in [2.05, 4.69) is 44.2 Å². The average Bonchev–Trinajstić information content (AvgIpc) is 0.446. The van der Waals surface area contributed by atoms with E-state index in [1.165, 1.54) is 172 Å². The molecule has 51 atom stereocenters. The van der Waals surface area contributed by atoms with Gasteiger partial charge in [0.25, 0.3) is 0 Å². The number of terminal acetylenes is 1. The summed E-state index contributed by atoms with van der Waals surface area (Å²) in [5.74, 6) is 38.4. The predicted octanol–water partition coefficient (Wildman–Crippen LogP) is -21.9. The first-order valence-corrected chi connectivity index (χ1v) is 34.2. The van der Waals surface area contributed by atoms with Crippen LogP contribution in [-0.4, -0.2) is 156 Å². The van der Waals surface area contributed by atoms with Gasteiger partial charge in [-0.1, -0.05) is 6.42 Å². The largest absolute Gasteiger partial charge is 2.00 e. The molecule has 0 radical (unpaired) electrons. The third kappa shape index (κ3) is 2.63. The predicted molar refractivity (Wildman–Crippen MR) is 268 cm³/mol. The van der Waals surface area contributed by atoms with Crippen LogP contribution in [0.5, 0.6) is 0 Å². The van der Waals surface area contributed by atoms with Gasteiger partial charge in [0.2, 0.25) is 0 Å². The number of nitrogens with zero attached hydrogens (tertiary/aromatic N) is 1. The summed E-state index contributed by atoms with van der Waals surface area (Å²) in [4.78, 5) is 11.7. The van der Waals surface area contributed by atoms with Gasteiger partial charge in [0, 0.05) is 0 Å². The zero-order valence-corrected chi connectivity index (χ0v) is 77.3. The van der Waals surface area contributed by atoms with Gasteiger partial charge >= 0.3 is 287 Å². The Balaban J connectivity index is 0.000000165. The number of hydrogen-bond donors (Lipinski definition) is 2. The van der Waals surface area contributed by atoms with Gasteiger partial charge in [0.15, 0.2) is 0 Å². The second kappa shape index (κ2) is 14.0. The molecule has 37 saturated carbocycles. The molecule has 420 valence electrons. The van der Waals surface area contributed by atoms with Crippen molar-refractivity contribution < 1.29 is 266 Å². The summed E-state index contributed by atoms with van der Waals surface area (Å²) < 4.78 is 12.3. The maximum atomic E-state index is 8.87. The molecular weight excluding hydrogens is 1630 g/mol. The summed E-state index contributed by atoms with van der Waals surface area (Å²) >= 11 is 0. The molecule has 0 amide bonds. The molecule has 37 fully saturated rings. The Morgan fingerprint density at radius 1 is 0.552 bits per heavy atom. The van der Waals surface area contributed by atoms with Crippen molar-refractivity contribution in [3.8, 4) is 12.5 Å². The molecule has 22 spiro atoms. The van der Waals surface area contributed by atoms with Gasteiger partial charge in [0.1, 0.15) is 6.11 Å². The van der Waals surface area contributed by atoms with E-state index >= 15 is 0 Å². The molecule has 0 heterocycles. The first kappa shape index (κ1) is 64.8. The number of hydrogen-bond acceptors (Lipinski definition) is 6. The molecular formula is C66H69BaBrCaClCsFIKLiMgN3NaO6P+7. The van der Waals surface area contributed by atoms with Crippen LogP contribution in [0.4, 0.5) is 0 Å². The molecule has 0 aromatic heterocycles. The van der Waals surface area contributed by atoms with E-state index in [1.54, 1.807) is 25.7 Å². The SMILES string of the molecule is C#CO[O-].C1CC2CCC34CCC5C6C3C37C48C2CC1C1C2C4CC9C%10C%11C%12C%13C%14C%15C%16C%17C5C63C%173C75C8C6C7C8C%17C%18C%19C%20C1C21C49C%102C%201C%191C%112C%122C%181C%171C%132C%142C%154C%163C65C74C812.C[N+](C)(C)C.C[NH2+]C.O=[P+]([O-])O[O-].[Ba+2].[Br-].[Ca+2].[Cl-].[Cs+].[F-].[I-].[K+].[Li+].[Mg+2].[NH4+].[Na+]. The van der Waals surface area contributed by atoms with E-state index in [-0.39, 0.29) is 343 Å². The molecule has 9 nitrogen and oxygen atoms in total. The van der Waals surface area contributed by atoms with Crippen LogP contribution in [-0.2, 0) is 14.1 Å². The first-order valence-electron chi connectivity index (χ1n) is 33.1. The van der Waals surface area contributed by atoms with Crippen LogP contribution in [0.2, 0.25) is 0 Å². The van der Waals surface area contributed by atoms with E-state index in [1.807, 2.05) is 45.1 Å². The van der Waals surface area contributed by atoms with Crippen molar-refractivity contribution in [2.45, 2.75) is 51.4 Å². The summed E-state index contributed by atoms with van der Waals surface area (Å²) in [6, 6.07) is 0. The molecule has 37 aliphatic rings. The van der Waals surface area contributed by atoms with Crippen LogP contribution < -0.4 is 254 Å². The topological polar surface area (TPSA) is 158 Å². The summed E-state index contributed by atoms with van der Waals surface area (Å²) in [6.07, 6.45) is 20.1. The van der Waals surface area contributed by atoms with E-state index < -0.39 is 8.25 Å². The van der Waals surface area contributed by atoms with Gasteiger partial charge in [-0.25, -0.2) is 4.67 Å². The summed E-state index contributed by atoms with van der Waals surface area (Å²) in [5, 5.41) is 19.1. The molecule has 0 aliphatic heterocycles. The van der Waals surface area contributed by atoms with Crippen LogP contribution in [0.1, 0.15) is 51.4 Å². The van der Waals surface area contributed by atoms with Crippen LogP contribution in [0.25, 0.3) is 0 Å². The molecule has 21 heteroatoms. The van der Waals surface area contributed by atoms with Crippen molar-refractivity contribution in [1.29, 1.82) is 0 Å². The molecule has 0 aromatic carbocycles. The van der Waals surface area contributed by atoms with Crippen LogP contribution >= 0.6 is 8.25 Å². The fourth-order valence-electron chi connectivity index (χ4n) is 57.5. The number of quaternary nitrogens is 3. The zero-order chi connectivity index (χ0) is 47.7. The third-order valence-electron chi connectivity index (χ3n) is 46.7. The van der Waals surface area contributed by atoms with Gasteiger partial charge in [-0.2, -0.15) is 0 Å². The van der Waals surface area contributed by atoms with E-state index in [0.29, 0.717) is 0 Å². The summed E-state index contributed by atoms with van der Waals surface area (Å²) in [7, 11) is 9.35. The van der Waals surface area contributed by atoms with Crippen LogP contribution in [0, 0.1) is 297 Å². The Hall–Kier alpha value is 9.49. The van der Waals surface area contributed by atoms with Crippen LogP contribution in [0.3, 0.4) is 0 Å². The Morgan fingerprint density at radius 3 is 1.39 bits per heavy atom. The number of nitrogens with two attached hydrogens (primary N) is 1. The Bertz CT molecular complexity index is 4000. The second-order valence-electron chi connectivity index (χ2n) is 39.8. The third-order valence-corrected chi connectivity index (χ3v) is 46.8. The number of rotatable bonds is 1. The molecule has 0 saturated heterocycles. The molecule has 37 rings (SSSR count). The van der Waals surface area contributed by atoms with Crippen molar-refractivity contribution in [3.63, 3.8) is 0 Å². The maximum Gasteiger partial charge on any atom is 2.00 e. The fraction of sp³-hybridized carbons (Fsp3) is 0.970. The van der Waals surface area contributed by atoms with E-state index in [9.17, 15) is 0 Å². The quantitative estimate of drug-likeness (QED) is 0.0506. The van der Waals surface area contributed by atoms with E-state index in [0.717, 1.165) is 124 Å². The minimum atomic E-state index is -3.15. The van der Waals surface area contributed by atoms with E-state index in [4.69, 9.17) is 20.0 Å². The molecule has 87 heavy (non-hydrogen) atoms. The number of fused-ring (bicyclic) bond motifs is 14. The van der Waals surface area contributed by atoms with Crippen molar-refractivity contribution in [2.24, 2.45) is 285 Å². The minimum absolute atomic E-state index is 0. The van der Waals surface area contributed by atoms with Crippen molar-refractivity contribution >= 4 is 118 Å². The van der Waals surface area contributed by atoms with Crippen molar-refractivity contribution in [2.75, 3.05) is 42.3 Å². The Kier molecular flexibility index (Phi) is 10.5. The maximum absolute atomic E-state index is 8.87. The van der Waals surface area contributed by atoms with Crippen molar-refractivity contribution in [3.05, 3.63) is 0 Å². The first-order chi connectivity index (χ1) is 36.4. The molecule has 0 aromatic rings. The minimum Gasteiger partial charge on any atom is -1.00 e. The Labute approximate surface area is 765 Å². The molecule has 51 unspecified atom stereocenters. The normalized spacial score (nSPS) is 87.2. The monoisotopic (exact) mass is 1690 g/mol. The molecule has 6 N–H and O–H groups in total. The van der Waals surface area contributed by atoms with Gasteiger partial charge in [-0.15, -0.1) is 0 Å².